The monoisotopic (exact) mass is 1520 g/mol. The molecule has 0 amide bonds. The average molecular weight is 1520 g/mol. The molecule has 0 aliphatic carbocycles. The Morgan fingerprint density at radius 3 is 0.792 bits per heavy atom. The van der Waals surface area contributed by atoms with Gasteiger partial charge in [-0.1, -0.05) is 275 Å². The van der Waals surface area contributed by atoms with Crippen LogP contribution in [0, 0.1) is 0 Å². The summed E-state index contributed by atoms with van der Waals surface area (Å²) < 4.78 is 68.6. The fraction of sp³-hybridized carbons (Fsp3) is 0.632. The molecule has 0 aliphatic rings. The van der Waals surface area contributed by atoms with Crippen molar-refractivity contribution in [2.24, 2.45) is 0 Å². The van der Waals surface area contributed by atoms with Crippen molar-refractivity contribution in [3.8, 4) is 0 Å². The van der Waals surface area contributed by atoms with Gasteiger partial charge >= 0.3 is 39.5 Å². The molecule has 0 aromatic heterocycles. The molecular formula is C87H142O17P2. The summed E-state index contributed by atoms with van der Waals surface area (Å²) >= 11 is 0. The van der Waals surface area contributed by atoms with Gasteiger partial charge in [-0.2, -0.15) is 0 Å². The molecule has 0 radical (unpaired) electrons. The highest BCUT2D eigenvalue weighted by Gasteiger charge is 2.30. The van der Waals surface area contributed by atoms with E-state index < -0.39 is 97.5 Å². The summed E-state index contributed by atoms with van der Waals surface area (Å²) in [6, 6.07) is 0. The Balaban J connectivity index is 5.48. The number of carbonyl (C=O) groups excluding carboxylic acids is 4. The number of carbonyl (C=O) groups is 4. The number of allylic oxidation sites excluding steroid dienone is 28. The van der Waals surface area contributed by atoms with Crippen LogP contribution >= 0.6 is 15.6 Å². The molecule has 0 saturated carbocycles. The van der Waals surface area contributed by atoms with Crippen LogP contribution in [0.5, 0.6) is 0 Å². The summed E-state index contributed by atoms with van der Waals surface area (Å²) in [5, 5.41) is 10.7. The fourth-order valence-corrected chi connectivity index (χ4v) is 11.7. The Hall–Kier alpha value is -5.58. The lowest BCUT2D eigenvalue weighted by Crippen LogP contribution is -2.30. The number of esters is 4. The van der Waals surface area contributed by atoms with Crippen molar-refractivity contribution in [2.75, 3.05) is 39.6 Å². The van der Waals surface area contributed by atoms with Crippen LogP contribution in [0.25, 0.3) is 0 Å². The van der Waals surface area contributed by atoms with E-state index in [1.54, 1.807) is 0 Å². The smallest absolute Gasteiger partial charge is 0.462 e. The zero-order valence-corrected chi connectivity index (χ0v) is 67.6. The van der Waals surface area contributed by atoms with Gasteiger partial charge in [0.15, 0.2) is 12.2 Å². The van der Waals surface area contributed by atoms with E-state index in [1.165, 1.54) is 19.3 Å². The molecule has 0 spiro atoms. The molecule has 106 heavy (non-hydrogen) atoms. The molecule has 0 aromatic rings. The van der Waals surface area contributed by atoms with Gasteiger partial charge in [0.25, 0.3) is 0 Å². The summed E-state index contributed by atoms with van der Waals surface area (Å²) in [5.41, 5.74) is 0. The first kappa shape index (κ1) is 100. The maximum absolute atomic E-state index is 13.1. The van der Waals surface area contributed by atoms with E-state index in [0.29, 0.717) is 32.1 Å². The van der Waals surface area contributed by atoms with Crippen molar-refractivity contribution < 1.29 is 80.2 Å². The Morgan fingerprint density at radius 1 is 0.274 bits per heavy atom. The second kappa shape index (κ2) is 77.6. The highest BCUT2D eigenvalue weighted by atomic mass is 31.2. The minimum Gasteiger partial charge on any atom is -0.462 e. The molecule has 0 bridgehead atoms. The van der Waals surface area contributed by atoms with Crippen molar-refractivity contribution >= 4 is 39.5 Å². The zero-order chi connectivity index (χ0) is 77.4. The largest absolute Gasteiger partial charge is 0.472 e. The predicted molar refractivity (Wildman–Crippen MR) is 436 cm³/mol. The number of aliphatic hydroxyl groups excluding tert-OH is 1. The molecule has 0 rings (SSSR count). The molecule has 5 unspecified atom stereocenters. The summed E-state index contributed by atoms with van der Waals surface area (Å²) in [7, 11) is -10.0. The van der Waals surface area contributed by atoms with E-state index >= 15 is 0 Å². The van der Waals surface area contributed by atoms with E-state index in [2.05, 4.69) is 186 Å². The molecule has 5 atom stereocenters. The standard InChI is InChI=1S/C87H142O17P2/c1-5-9-13-17-21-25-29-33-37-40-44-47-51-55-59-63-67-71-84(89)97-77-82(103-86(91)73-69-65-61-57-53-49-43-36-32-28-24-20-16-12-8-4)79-101-105(93,94)99-75-81(88)76-100-106(95,96)102-80-83(104-87(92)74-70-66-62-58-54-50-46-42-39-35-31-27-23-19-15-11-7-3)78-98-85(90)72-68-64-60-56-52-48-45-41-38-34-30-26-22-18-14-10-6-2/h9-11,13-15,21-28,33-39,43-45,47-48,55,59,81-83,88H,5-8,12,16-20,29-32,40-42,46,49-54,56-58,60-80H2,1-4H3,(H,93,94)(H,95,96)/b13-9-,14-10-,15-11-,25-21-,26-22-,27-23-,28-24-,37-33-,38-34-,39-35-,43-36-,47-44-,48-45-,59-55-. The number of unbranched alkanes of at least 4 members (excludes halogenated alkanes) is 20. The first-order chi connectivity index (χ1) is 51.7. The minimum absolute atomic E-state index is 0.0607. The number of ether oxygens (including phenoxy) is 4. The third-order valence-corrected chi connectivity index (χ3v) is 18.1. The van der Waals surface area contributed by atoms with Gasteiger partial charge < -0.3 is 33.8 Å². The molecular weight excluding hydrogens is 1380 g/mol. The number of hydrogen-bond donors (Lipinski definition) is 3. The van der Waals surface area contributed by atoms with Gasteiger partial charge in [-0.15, -0.1) is 0 Å². The first-order valence-electron chi connectivity index (χ1n) is 40.4. The van der Waals surface area contributed by atoms with Crippen molar-refractivity contribution in [3.05, 3.63) is 170 Å². The lowest BCUT2D eigenvalue weighted by Gasteiger charge is -2.21. The summed E-state index contributed by atoms with van der Waals surface area (Å²) in [6.45, 7) is 4.39. The molecule has 0 aromatic carbocycles. The average Bonchev–Trinajstić information content (AvgIpc) is 0.901. The van der Waals surface area contributed by atoms with Gasteiger partial charge in [-0.05, 0) is 167 Å². The van der Waals surface area contributed by atoms with Crippen LogP contribution in [0.1, 0.15) is 297 Å². The maximum Gasteiger partial charge on any atom is 0.472 e. The van der Waals surface area contributed by atoms with Gasteiger partial charge in [0.2, 0.25) is 0 Å². The van der Waals surface area contributed by atoms with Gasteiger partial charge in [-0.3, -0.25) is 37.3 Å². The molecule has 0 saturated heterocycles. The molecule has 602 valence electrons. The number of phosphoric acid groups is 2. The molecule has 3 N–H and O–H groups in total. The molecule has 0 fully saturated rings. The van der Waals surface area contributed by atoms with Gasteiger partial charge in [-0.25, -0.2) is 9.13 Å². The van der Waals surface area contributed by atoms with Crippen molar-refractivity contribution in [1.82, 2.24) is 0 Å². The van der Waals surface area contributed by atoms with Crippen LogP contribution in [0.3, 0.4) is 0 Å². The highest BCUT2D eigenvalue weighted by molar-refractivity contribution is 7.47. The van der Waals surface area contributed by atoms with E-state index in [4.69, 9.17) is 37.0 Å². The number of hydrogen-bond acceptors (Lipinski definition) is 15. The SMILES string of the molecule is CC/C=C\C/C=C\C/C=C\C/C=C\C/C=C\CCCC(=O)OCC(COP(=O)(O)OCC(O)COP(=O)(O)OCC(COC(=O)CCCCCC/C=C\C/C=C\C/C=C\C/C=C\CC)OC(=O)CCCCCCCCC/C=C\C/C=C\C/C=C\CC)OC(=O)CCCCCCC/C=C\C/C=C\CCCCC. The maximum atomic E-state index is 13.1. The number of rotatable bonds is 74. The predicted octanol–water partition coefficient (Wildman–Crippen LogP) is 23.8. The van der Waals surface area contributed by atoms with Crippen molar-refractivity contribution in [2.45, 2.75) is 316 Å². The molecule has 0 heterocycles. The zero-order valence-electron chi connectivity index (χ0n) is 65.8. The lowest BCUT2D eigenvalue weighted by molar-refractivity contribution is -0.161. The first-order valence-corrected chi connectivity index (χ1v) is 43.4. The third-order valence-electron chi connectivity index (χ3n) is 16.2. The van der Waals surface area contributed by atoms with Gasteiger partial charge in [0.05, 0.1) is 26.4 Å². The van der Waals surface area contributed by atoms with E-state index in [0.717, 1.165) is 193 Å². The Kier molecular flexibility index (Phi) is 73.5. The summed E-state index contributed by atoms with van der Waals surface area (Å²) in [5.74, 6) is -2.30. The Bertz CT molecular complexity index is 2680. The van der Waals surface area contributed by atoms with E-state index in [-0.39, 0.29) is 25.7 Å². The third kappa shape index (κ3) is 76.6. The Morgan fingerprint density at radius 2 is 0.500 bits per heavy atom. The Labute approximate surface area is 642 Å². The van der Waals surface area contributed by atoms with Crippen LogP contribution < -0.4 is 0 Å². The van der Waals surface area contributed by atoms with Gasteiger partial charge in [0, 0.05) is 25.7 Å². The number of phosphoric ester groups is 2. The summed E-state index contributed by atoms with van der Waals surface area (Å²) in [6.07, 6.45) is 91.9. The van der Waals surface area contributed by atoms with Crippen LogP contribution in [-0.4, -0.2) is 96.7 Å². The van der Waals surface area contributed by atoms with Crippen LogP contribution in [0.15, 0.2) is 170 Å². The van der Waals surface area contributed by atoms with Crippen LogP contribution in [-0.2, 0) is 65.4 Å². The lowest BCUT2D eigenvalue weighted by atomic mass is 10.1. The topological polar surface area (TPSA) is 237 Å². The quantitative estimate of drug-likeness (QED) is 0.0169. The number of aliphatic hydroxyl groups is 1. The van der Waals surface area contributed by atoms with E-state index in [9.17, 15) is 43.2 Å². The van der Waals surface area contributed by atoms with Crippen LogP contribution in [0.2, 0.25) is 0 Å². The minimum atomic E-state index is -5.00. The normalized spacial score (nSPS) is 14.7. The summed E-state index contributed by atoms with van der Waals surface area (Å²) in [4.78, 5) is 73.1. The van der Waals surface area contributed by atoms with Crippen molar-refractivity contribution in [1.29, 1.82) is 0 Å². The highest BCUT2D eigenvalue weighted by Crippen LogP contribution is 2.45. The molecule has 17 nitrogen and oxygen atoms in total. The van der Waals surface area contributed by atoms with Gasteiger partial charge in [0.1, 0.15) is 19.3 Å². The van der Waals surface area contributed by atoms with Crippen LogP contribution in [0.4, 0.5) is 0 Å². The molecule has 0 aliphatic heterocycles. The van der Waals surface area contributed by atoms with Crippen molar-refractivity contribution in [3.63, 3.8) is 0 Å². The van der Waals surface area contributed by atoms with E-state index in [1.807, 2.05) is 12.2 Å². The fourth-order valence-electron chi connectivity index (χ4n) is 10.1. The molecule has 19 heteroatoms. The second-order valence-corrected chi connectivity index (χ2v) is 29.1. The second-order valence-electron chi connectivity index (χ2n) is 26.2.